The van der Waals surface area contributed by atoms with E-state index in [1.54, 1.807) is 0 Å². The van der Waals surface area contributed by atoms with Gasteiger partial charge in [0.1, 0.15) is 6.04 Å². The van der Waals surface area contributed by atoms with Gasteiger partial charge in [-0.1, -0.05) is 71.1 Å². The minimum Gasteiger partial charge on any atom is -1.00 e. The second kappa shape index (κ2) is 29.6. The van der Waals surface area contributed by atoms with Crippen LogP contribution in [0.5, 0.6) is 0 Å². The molecule has 0 saturated carbocycles. The Morgan fingerprint density at radius 2 is 0.971 bits per heavy atom. The Hall–Kier alpha value is -0.650. The Bertz CT molecular complexity index is 587. The van der Waals surface area contributed by atoms with Crippen LogP contribution in [0.25, 0.3) is 0 Å². The first-order valence-corrected chi connectivity index (χ1v) is 11.8. The second-order valence-corrected chi connectivity index (χ2v) is 7.96. The van der Waals surface area contributed by atoms with Crippen molar-refractivity contribution in [3.63, 3.8) is 0 Å². The molecule has 0 rings (SSSR count). The van der Waals surface area contributed by atoms with Gasteiger partial charge in [-0.25, -0.2) is 4.79 Å². The maximum atomic E-state index is 11.7. The van der Waals surface area contributed by atoms with Crippen molar-refractivity contribution in [1.82, 2.24) is 5.32 Å². The van der Waals surface area contributed by atoms with E-state index in [0.29, 0.717) is 6.42 Å². The zero-order chi connectivity index (χ0) is 25.5. The number of rotatable bonds is 20. The number of aliphatic carboxylic acids is 4. The average molecular weight is 524 g/mol. The number of carbonyl (C=O) groups is 5. The minimum atomic E-state index is -1.19. The summed E-state index contributed by atoms with van der Waals surface area (Å²) in [4.78, 5) is 52.5. The molecule has 0 bridgehead atoms. The van der Waals surface area contributed by atoms with Crippen LogP contribution in [0, 0.1) is 0 Å². The van der Waals surface area contributed by atoms with Crippen LogP contribution in [-0.4, -0.2) is 56.3 Å². The van der Waals surface area contributed by atoms with Crippen LogP contribution in [0.1, 0.15) is 113 Å². The van der Waals surface area contributed by atoms with Gasteiger partial charge in [0.25, 0.3) is 0 Å². The van der Waals surface area contributed by atoms with Gasteiger partial charge >= 0.3 is 83.0 Å². The Morgan fingerprint density at radius 1 is 0.600 bits per heavy atom. The Balaban J connectivity index is -0.000000174. The number of nitrogens with one attached hydrogen (secondary N) is 1. The van der Waals surface area contributed by atoms with Crippen LogP contribution in [0.2, 0.25) is 0 Å². The summed E-state index contributed by atoms with van der Waals surface area (Å²) in [6.07, 6.45) is 12.5. The first kappa shape index (κ1) is 41.5. The summed E-state index contributed by atoms with van der Waals surface area (Å²) in [5, 5.41) is 35.8. The van der Waals surface area contributed by atoms with E-state index < -0.39 is 29.9 Å². The molecule has 0 saturated heterocycles. The monoisotopic (exact) mass is 523 g/mol. The van der Waals surface area contributed by atoms with Gasteiger partial charge in [-0.05, 0) is 12.8 Å². The maximum Gasteiger partial charge on any atom is 1.00 e. The third-order valence-corrected chi connectivity index (χ3v) is 4.84. The fourth-order valence-corrected chi connectivity index (χ4v) is 2.96. The third-order valence-electron chi connectivity index (χ3n) is 4.84. The van der Waals surface area contributed by atoms with Gasteiger partial charge in [-0.2, -0.15) is 0 Å². The molecule has 1 atom stereocenters. The summed E-state index contributed by atoms with van der Waals surface area (Å²) in [7, 11) is 0. The van der Waals surface area contributed by atoms with Gasteiger partial charge in [0, 0.05) is 12.8 Å². The van der Waals surface area contributed by atoms with E-state index in [9.17, 15) is 24.0 Å². The zero-order valence-corrected chi connectivity index (χ0v) is 25.7. The van der Waals surface area contributed by atoms with Gasteiger partial charge in [0.2, 0.25) is 5.91 Å². The van der Waals surface area contributed by atoms with Crippen LogP contribution >= 0.6 is 0 Å². The number of unbranched alkanes of at least 4 members (excludes halogenated alkanes) is 10. The Kier molecular flexibility index (Phi) is 35.1. The van der Waals surface area contributed by atoms with E-state index in [-0.39, 0.29) is 93.6 Å². The fourth-order valence-electron chi connectivity index (χ4n) is 2.96. The van der Waals surface area contributed by atoms with Crippen molar-refractivity contribution in [2.75, 3.05) is 0 Å². The molecule has 0 spiro atoms. The third kappa shape index (κ3) is 35.6. The molecular formula is C23H43NNa2O9. The smallest absolute Gasteiger partial charge is 1.00 e. The summed E-state index contributed by atoms with van der Waals surface area (Å²) in [5.74, 6) is -4.71. The molecule has 0 unspecified atom stereocenters. The molecule has 5 N–H and O–H groups in total. The molecule has 12 heteroatoms. The summed E-state index contributed by atoms with van der Waals surface area (Å²) in [5.41, 5.74) is 0. The maximum absolute atomic E-state index is 11.7. The first-order valence-electron chi connectivity index (χ1n) is 11.8. The molecule has 0 aromatic carbocycles. The molecule has 0 fully saturated rings. The number of carbonyl (C=O) groups excluding carboxylic acids is 1. The van der Waals surface area contributed by atoms with Crippen LogP contribution < -0.4 is 64.4 Å². The molecule has 0 aliphatic heterocycles. The second-order valence-electron chi connectivity index (χ2n) is 7.96. The van der Waals surface area contributed by atoms with E-state index in [1.165, 1.54) is 51.4 Å². The van der Waals surface area contributed by atoms with Gasteiger partial charge in [0.05, 0.1) is 12.8 Å². The van der Waals surface area contributed by atoms with E-state index in [2.05, 4.69) is 12.2 Å². The number of amides is 1. The van der Waals surface area contributed by atoms with Crippen molar-refractivity contribution in [2.45, 2.75) is 116 Å². The van der Waals surface area contributed by atoms with Gasteiger partial charge in [-0.15, -0.1) is 0 Å². The van der Waals surface area contributed by atoms with Gasteiger partial charge in [0.15, 0.2) is 0 Å². The molecular weight excluding hydrogens is 480 g/mol. The van der Waals surface area contributed by atoms with E-state index in [0.717, 1.165) is 19.3 Å². The number of hydrogen-bond donors (Lipinski definition) is 5. The van der Waals surface area contributed by atoms with Crippen molar-refractivity contribution in [1.29, 1.82) is 0 Å². The molecule has 0 heterocycles. The Morgan fingerprint density at radius 3 is 1.31 bits per heavy atom. The molecule has 0 aliphatic rings. The molecule has 35 heavy (non-hydrogen) atoms. The first-order chi connectivity index (χ1) is 15.6. The van der Waals surface area contributed by atoms with Crippen LogP contribution in [0.3, 0.4) is 0 Å². The quantitative estimate of drug-likeness (QED) is 0.0918. The van der Waals surface area contributed by atoms with E-state index in [1.807, 2.05) is 0 Å². The molecule has 1 amide bonds. The molecule has 0 aromatic heterocycles. The van der Waals surface area contributed by atoms with Crippen molar-refractivity contribution < 1.29 is 106 Å². The van der Waals surface area contributed by atoms with Crippen LogP contribution in [-0.2, 0) is 24.0 Å². The number of carboxylic acids is 4. The number of hydrogen-bond acceptors (Lipinski definition) is 5. The predicted octanol–water partition coefficient (Wildman–Crippen LogP) is -1.71. The standard InChI is InChI=1S/C19H35NO5.C4H6O4.2Na.2H/c1-2-3-4-5-6-7-8-9-10-11-12-13-17(21)20-16(19(24)25)14-15-18(22)23;5-3(6)1-2-4(7)8;;;;/h16H,2-15H2,1H3,(H,20,21)(H,22,23)(H,24,25);1-2H2,(H,5,6)(H,7,8);;;;/q;;2*+1;2*-1/t16-;;;;;/m0...../s1. The summed E-state index contributed by atoms with van der Waals surface area (Å²) >= 11 is 0. The topological polar surface area (TPSA) is 178 Å². The average Bonchev–Trinajstić information content (AvgIpc) is 2.73. The largest absolute Gasteiger partial charge is 1.00 e. The van der Waals surface area contributed by atoms with Crippen molar-refractivity contribution in [2.24, 2.45) is 0 Å². The number of carboxylic acid groups (broad SMARTS) is 4. The van der Waals surface area contributed by atoms with E-state index in [4.69, 9.17) is 20.4 Å². The van der Waals surface area contributed by atoms with Gasteiger partial charge < -0.3 is 28.6 Å². The molecule has 196 valence electrons. The molecule has 10 nitrogen and oxygen atoms in total. The summed E-state index contributed by atoms with van der Waals surface area (Å²) < 4.78 is 0. The molecule has 0 aliphatic carbocycles. The van der Waals surface area contributed by atoms with Crippen LogP contribution in [0.15, 0.2) is 0 Å². The molecule has 0 aromatic rings. The van der Waals surface area contributed by atoms with Crippen molar-refractivity contribution >= 4 is 29.8 Å². The zero-order valence-electron chi connectivity index (χ0n) is 23.7. The minimum absolute atomic E-state index is 0. The Labute approximate surface area is 255 Å². The SMILES string of the molecule is CCCCCCCCCCCCCC(=O)N[C@@H](CCC(=O)O)C(=O)O.O=C(O)CCC(=O)O.[H-].[H-].[Na+].[Na+]. The fraction of sp³-hybridized carbons (Fsp3) is 0.783. The van der Waals surface area contributed by atoms with Crippen molar-refractivity contribution in [3.8, 4) is 0 Å². The van der Waals surface area contributed by atoms with Gasteiger partial charge in [-0.3, -0.25) is 19.2 Å². The normalized spacial score (nSPS) is 10.4. The summed E-state index contributed by atoms with van der Waals surface area (Å²) in [6.45, 7) is 2.22. The van der Waals surface area contributed by atoms with Crippen molar-refractivity contribution in [3.05, 3.63) is 0 Å². The summed E-state index contributed by atoms with van der Waals surface area (Å²) in [6, 6.07) is -1.11. The molecule has 0 radical (unpaired) electrons. The van der Waals surface area contributed by atoms with E-state index >= 15 is 0 Å². The van der Waals surface area contributed by atoms with Crippen LogP contribution in [0.4, 0.5) is 0 Å². The predicted molar refractivity (Wildman–Crippen MR) is 124 cm³/mol.